The number of anilines is 1. The first-order valence-corrected chi connectivity index (χ1v) is 7.22. The Bertz CT molecular complexity index is 747. The fourth-order valence-corrected chi connectivity index (χ4v) is 2.09. The van der Waals surface area contributed by atoms with E-state index in [1.165, 1.54) is 25.3 Å². The van der Waals surface area contributed by atoms with Crippen molar-refractivity contribution in [3.05, 3.63) is 59.7 Å². The van der Waals surface area contributed by atoms with Crippen molar-refractivity contribution in [3.63, 3.8) is 0 Å². The zero-order chi connectivity index (χ0) is 17.6. The predicted octanol–water partition coefficient (Wildman–Crippen LogP) is 4.03. The third kappa shape index (κ3) is 4.69. The van der Waals surface area contributed by atoms with Crippen LogP contribution < -0.4 is 15.5 Å². The van der Waals surface area contributed by atoms with Gasteiger partial charge in [0.05, 0.1) is 24.6 Å². The van der Waals surface area contributed by atoms with Crippen LogP contribution in [0, 0.1) is 0 Å². The van der Waals surface area contributed by atoms with Crippen molar-refractivity contribution >= 4 is 29.2 Å². The zero-order valence-electron chi connectivity index (χ0n) is 12.6. The second-order valence-electron chi connectivity index (χ2n) is 4.61. The van der Waals surface area contributed by atoms with E-state index in [-0.39, 0.29) is 10.7 Å². The van der Waals surface area contributed by atoms with Gasteiger partial charge in [-0.2, -0.15) is 18.3 Å². The lowest BCUT2D eigenvalue weighted by atomic mass is 10.1. The number of para-hydroxylation sites is 2. The summed E-state index contributed by atoms with van der Waals surface area (Å²) in [5.74, 6) is 0.577. The van der Waals surface area contributed by atoms with Crippen LogP contribution in [0.1, 0.15) is 11.1 Å². The van der Waals surface area contributed by atoms with E-state index >= 15 is 0 Å². The SMILES string of the molecule is COc1ccccc1NC(=S)NN=Cc1ccccc1C(F)(F)F. The standard InChI is InChI=1S/C16H14F3N3OS/c1-23-14-9-5-4-8-13(14)21-15(24)22-20-10-11-6-2-3-7-12(11)16(17,18)19/h2-10H,1H3,(H2,21,22,24). The van der Waals surface area contributed by atoms with Crippen molar-refractivity contribution < 1.29 is 17.9 Å². The third-order valence-corrected chi connectivity index (χ3v) is 3.18. The summed E-state index contributed by atoms with van der Waals surface area (Å²) in [7, 11) is 1.52. The summed E-state index contributed by atoms with van der Waals surface area (Å²) in [5, 5.41) is 6.72. The Morgan fingerprint density at radius 2 is 1.79 bits per heavy atom. The molecule has 2 rings (SSSR count). The molecule has 0 unspecified atom stereocenters. The number of hydrazone groups is 1. The van der Waals surface area contributed by atoms with Crippen LogP contribution >= 0.6 is 12.2 Å². The maximum atomic E-state index is 12.9. The van der Waals surface area contributed by atoms with Crippen molar-refractivity contribution in [2.45, 2.75) is 6.18 Å². The number of rotatable bonds is 4. The maximum absolute atomic E-state index is 12.9. The van der Waals surface area contributed by atoms with Gasteiger partial charge >= 0.3 is 6.18 Å². The molecule has 2 aromatic rings. The third-order valence-electron chi connectivity index (χ3n) is 2.99. The van der Waals surface area contributed by atoms with E-state index < -0.39 is 11.7 Å². The second-order valence-corrected chi connectivity index (χ2v) is 5.02. The molecule has 0 aliphatic rings. The van der Waals surface area contributed by atoms with Gasteiger partial charge in [0.1, 0.15) is 5.75 Å². The number of nitrogens with zero attached hydrogens (tertiary/aromatic N) is 1. The Balaban J connectivity index is 2.03. The summed E-state index contributed by atoms with van der Waals surface area (Å²) in [5.41, 5.74) is 2.27. The van der Waals surface area contributed by atoms with Crippen molar-refractivity contribution in [2.75, 3.05) is 12.4 Å². The highest BCUT2D eigenvalue weighted by atomic mass is 32.1. The van der Waals surface area contributed by atoms with Crippen molar-refractivity contribution in [1.82, 2.24) is 5.43 Å². The van der Waals surface area contributed by atoms with Crippen molar-refractivity contribution in [3.8, 4) is 5.75 Å². The molecular weight excluding hydrogens is 339 g/mol. The fourth-order valence-electron chi connectivity index (χ4n) is 1.93. The quantitative estimate of drug-likeness (QED) is 0.495. The highest BCUT2D eigenvalue weighted by molar-refractivity contribution is 7.80. The molecule has 0 aliphatic heterocycles. The van der Waals surface area contributed by atoms with Crippen LogP contribution in [0.15, 0.2) is 53.6 Å². The van der Waals surface area contributed by atoms with Crippen molar-refractivity contribution in [1.29, 1.82) is 0 Å². The summed E-state index contributed by atoms with van der Waals surface area (Å²) in [6.45, 7) is 0. The molecule has 0 saturated heterocycles. The summed E-state index contributed by atoms with van der Waals surface area (Å²) in [6.07, 6.45) is -3.38. The minimum atomic E-state index is -4.45. The molecule has 0 bridgehead atoms. The highest BCUT2D eigenvalue weighted by Crippen LogP contribution is 2.31. The Morgan fingerprint density at radius 1 is 1.12 bits per heavy atom. The number of benzene rings is 2. The maximum Gasteiger partial charge on any atom is 0.417 e. The lowest BCUT2D eigenvalue weighted by Gasteiger charge is -2.11. The van der Waals surface area contributed by atoms with Crippen LogP contribution in [-0.2, 0) is 6.18 Å². The largest absolute Gasteiger partial charge is 0.495 e. The molecule has 24 heavy (non-hydrogen) atoms. The number of hydrogen-bond acceptors (Lipinski definition) is 3. The monoisotopic (exact) mass is 353 g/mol. The molecule has 4 nitrogen and oxygen atoms in total. The molecule has 0 spiro atoms. The minimum Gasteiger partial charge on any atom is -0.495 e. The van der Waals surface area contributed by atoms with Gasteiger partial charge in [0.2, 0.25) is 0 Å². The van der Waals surface area contributed by atoms with Gasteiger partial charge in [-0.15, -0.1) is 0 Å². The number of ether oxygens (including phenoxy) is 1. The summed E-state index contributed by atoms with van der Waals surface area (Å²) in [4.78, 5) is 0. The Morgan fingerprint density at radius 3 is 2.50 bits per heavy atom. The van der Waals surface area contributed by atoms with E-state index in [4.69, 9.17) is 17.0 Å². The molecular formula is C16H14F3N3OS. The Hall–Kier alpha value is -2.61. The lowest BCUT2D eigenvalue weighted by molar-refractivity contribution is -0.137. The second kappa shape index (κ2) is 7.78. The predicted molar refractivity (Wildman–Crippen MR) is 91.4 cm³/mol. The van der Waals surface area contributed by atoms with Gasteiger partial charge in [0.25, 0.3) is 0 Å². The first kappa shape index (κ1) is 17.7. The molecule has 126 valence electrons. The van der Waals surface area contributed by atoms with E-state index in [9.17, 15) is 13.2 Å². The van der Waals surface area contributed by atoms with Crippen LogP contribution in [0.3, 0.4) is 0 Å². The van der Waals surface area contributed by atoms with Crippen molar-refractivity contribution in [2.24, 2.45) is 5.10 Å². The van der Waals surface area contributed by atoms with Gasteiger partial charge in [-0.05, 0) is 30.4 Å². The van der Waals surface area contributed by atoms with E-state index in [2.05, 4.69) is 15.8 Å². The molecule has 0 atom stereocenters. The number of halogens is 3. The van der Waals surface area contributed by atoms with E-state index in [1.54, 1.807) is 24.3 Å². The molecule has 0 saturated carbocycles. The minimum absolute atomic E-state index is 0.0578. The number of thiocarbonyl (C=S) groups is 1. The smallest absolute Gasteiger partial charge is 0.417 e. The molecule has 2 aromatic carbocycles. The first-order chi connectivity index (χ1) is 11.4. The van der Waals surface area contributed by atoms with Gasteiger partial charge in [-0.25, -0.2) is 0 Å². The summed E-state index contributed by atoms with van der Waals surface area (Å²) < 4.78 is 43.8. The van der Waals surface area contributed by atoms with Gasteiger partial charge in [-0.1, -0.05) is 30.3 Å². The lowest BCUT2D eigenvalue weighted by Crippen LogP contribution is -2.24. The molecule has 0 radical (unpaired) electrons. The van der Waals surface area contributed by atoms with Gasteiger partial charge in [0.15, 0.2) is 5.11 Å². The van der Waals surface area contributed by atoms with E-state index in [1.807, 2.05) is 0 Å². The number of methoxy groups -OCH3 is 1. The number of hydrogen-bond donors (Lipinski definition) is 2. The van der Waals surface area contributed by atoms with Crippen LogP contribution in [0.4, 0.5) is 18.9 Å². The summed E-state index contributed by atoms with van der Waals surface area (Å²) in [6, 6.07) is 12.2. The normalized spacial score (nSPS) is 11.3. The van der Waals surface area contributed by atoms with Crippen LogP contribution in [0.2, 0.25) is 0 Å². The van der Waals surface area contributed by atoms with E-state index in [0.717, 1.165) is 12.3 Å². The Kier molecular flexibility index (Phi) is 5.75. The topological polar surface area (TPSA) is 45.6 Å². The molecule has 8 heteroatoms. The van der Waals surface area contributed by atoms with E-state index in [0.29, 0.717) is 11.4 Å². The molecule has 0 fully saturated rings. The molecule has 0 heterocycles. The Labute approximate surface area is 142 Å². The number of nitrogens with one attached hydrogen (secondary N) is 2. The number of alkyl halides is 3. The molecule has 2 N–H and O–H groups in total. The van der Waals surface area contributed by atoms with Gasteiger partial charge in [-0.3, -0.25) is 5.43 Å². The summed E-state index contributed by atoms with van der Waals surface area (Å²) >= 11 is 5.05. The van der Waals surface area contributed by atoms with Crippen LogP contribution in [-0.4, -0.2) is 18.4 Å². The average molecular weight is 353 g/mol. The average Bonchev–Trinajstić information content (AvgIpc) is 2.55. The molecule has 0 amide bonds. The highest BCUT2D eigenvalue weighted by Gasteiger charge is 2.32. The molecule has 0 aromatic heterocycles. The van der Waals surface area contributed by atoms with Crippen LogP contribution in [0.25, 0.3) is 0 Å². The van der Waals surface area contributed by atoms with Gasteiger partial charge in [0, 0.05) is 5.56 Å². The fraction of sp³-hybridized carbons (Fsp3) is 0.125. The first-order valence-electron chi connectivity index (χ1n) is 6.81. The van der Waals surface area contributed by atoms with Gasteiger partial charge < -0.3 is 10.1 Å². The zero-order valence-corrected chi connectivity index (χ0v) is 13.4. The van der Waals surface area contributed by atoms with Crippen LogP contribution in [0.5, 0.6) is 5.75 Å². The molecule has 0 aliphatic carbocycles.